The van der Waals surface area contributed by atoms with E-state index in [1.165, 1.54) is 0 Å². The van der Waals surface area contributed by atoms with E-state index in [4.69, 9.17) is 5.11 Å². The Morgan fingerprint density at radius 2 is 2.21 bits per heavy atom. The Hall–Kier alpha value is -0.810. The fourth-order valence-corrected chi connectivity index (χ4v) is 2.51. The molecule has 0 aliphatic heterocycles. The van der Waals surface area contributed by atoms with Crippen LogP contribution in [0.1, 0.15) is 44.1 Å². The smallest absolute Gasteiger partial charge is 0.268 e. The largest absolute Gasteiger partial charge is 0.396 e. The highest BCUT2D eigenvalue weighted by Crippen LogP contribution is 2.16. The molecule has 2 N–H and O–H groups in total. The number of halogens is 1. The van der Waals surface area contributed by atoms with Gasteiger partial charge in [-0.2, -0.15) is 0 Å². The molecule has 0 saturated carbocycles. The molecule has 1 unspecified atom stereocenters. The van der Waals surface area contributed by atoms with E-state index in [0.717, 1.165) is 17.4 Å². The highest BCUT2D eigenvalue weighted by Gasteiger charge is 2.19. The fourth-order valence-electron chi connectivity index (χ4n) is 2.04. The first-order valence-corrected chi connectivity index (χ1v) is 7.56. The van der Waals surface area contributed by atoms with E-state index in [0.29, 0.717) is 18.0 Å². The lowest BCUT2D eigenvalue weighted by Gasteiger charge is -2.21. The van der Waals surface area contributed by atoms with Crippen molar-refractivity contribution in [1.82, 2.24) is 9.88 Å². The first-order chi connectivity index (χ1) is 8.99. The molecule has 0 aromatic carbocycles. The van der Waals surface area contributed by atoms with Gasteiger partial charge in [0, 0.05) is 29.9 Å². The summed E-state index contributed by atoms with van der Waals surface area (Å²) in [5.41, 5.74) is 0.664. The zero-order valence-electron chi connectivity index (χ0n) is 11.8. The lowest BCUT2D eigenvalue weighted by molar-refractivity contribution is 0.0907. The minimum Gasteiger partial charge on any atom is -0.396 e. The molecule has 1 rings (SSSR count). The molecule has 1 aromatic rings. The van der Waals surface area contributed by atoms with E-state index in [1.807, 2.05) is 30.7 Å². The zero-order chi connectivity index (χ0) is 14.4. The van der Waals surface area contributed by atoms with Crippen LogP contribution < -0.4 is 5.32 Å². The van der Waals surface area contributed by atoms with Crippen LogP contribution in [-0.4, -0.2) is 28.2 Å². The van der Waals surface area contributed by atoms with Crippen molar-refractivity contribution in [3.05, 3.63) is 22.4 Å². The maximum atomic E-state index is 12.3. The van der Waals surface area contributed by atoms with Crippen LogP contribution >= 0.6 is 15.9 Å². The van der Waals surface area contributed by atoms with Crippen LogP contribution in [0, 0.1) is 5.92 Å². The Labute approximate surface area is 123 Å². The van der Waals surface area contributed by atoms with Gasteiger partial charge in [0.05, 0.1) is 0 Å². The minimum atomic E-state index is -0.0775. The number of nitrogens with one attached hydrogen (secondary N) is 1. The van der Waals surface area contributed by atoms with Crippen LogP contribution in [0.5, 0.6) is 0 Å². The molecule has 4 nitrogen and oxygen atoms in total. The summed E-state index contributed by atoms with van der Waals surface area (Å²) >= 11 is 3.41. The Morgan fingerprint density at radius 1 is 1.53 bits per heavy atom. The van der Waals surface area contributed by atoms with Crippen molar-refractivity contribution in [2.75, 3.05) is 6.61 Å². The second-order valence-electron chi connectivity index (χ2n) is 5.07. The summed E-state index contributed by atoms with van der Waals surface area (Å²) in [4.78, 5) is 12.3. The van der Waals surface area contributed by atoms with Crippen LogP contribution in [0.2, 0.25) is 0 Å². The van der Waals surface area contributed by atoms with Crippen LogP contribution in [0.15, 0.2) is 16.7 Å². The fraction of sp³-hybridized carbons (Fsp3) is 0.643. The van der Waals surface area contributed by atoms with Crippen molar-refractivity contribution in [2.45, 2.75) is 46.2 Å². The summed E-state index contributed by atoms with van der Waals surface area (Å²) in [5, 5.41) is 12.1. The standard InChI is InChI=1S/C14H23BrN2O2/c1-4-6-17-9-11(15)8-13(17)14(19)16-12(5-7-18)10(2)3/h8-10,12,18H,4-7H2,1-3H3,(H,16,19). The van der Waals surface area contributed by atoms with Gasteiger partial charge in [-0.05, 0) is 40.8 Å². The number of rotatable bonds is 7. The van der Waals surface area contributed by atoms with Gasteiger partial charge in [-0.15, -0.1) is 0 Å². The van der Waals surface area contributed by atoms with E-state index in [1.54, 1.807) is 0 Å². The average Bonchev–Trinajstić information content (AvgIpc) is 2.70. The van der Waals surface area contributed by atoms with Gasteiger partial charge in [0.2, 0.25) is 0 Å². The van der Waals surface area contributed by atoms with E-state index >= 15 is 0 Å². The first kappa shape index (κ1) is 16.2. The molecule has 0 radical (unpaired) electrons. The second kappa shape index (κ2) is 7.70. The van der Waals surface area contributed by atoms with E-state index in [2.05, 4.69) is 28.2 Å². The molecule has 1 heterocycles. The van der Waals surface area contributed by atoms with Gasteiger partial charge in [0.25, 0.3) is 5.91 Å². The molecule has 0 bridgehead atoms. The average molecular weight is 331 g/mol. The van der Waals surface area contributed by atoms with Crippen molar-refractivity contribution in [2.24, 2.45) is 5.92 Å². The summed E-state index contributed by atoms with van der Waals surface area (Å²) in [6, 6.07) is 1.84. The molecule has 5 heteroatoms. The molecule has 0 saturated heterocycles. The predicted molar refractivity (Wildman–Crippen MR) is 80.2 cm³/mol. The third kappa shape index (κ3) is 4.66. The molecule has 1 amide bonds. The Kier molecular flexibility index (Phi) is 6.58. The number of hydrogen-bond acceptors (Lipinski definition) is 2. The quantitative estimate of drug-likeness (QED) is 0.807. The second-order valence-corrected chi connectivity index (χ2v) is 5.99. The zero-order valence-corrected chi connectivity index (χ0v) is 13.4. The lowest BCUT2D eigenvalue weighted by Crippen LogP contribution is -2.40. The van der Waals surface area contributed by atoms with Gasteiger partial charge in [0.1, 0.15) is 5.69 Å². The van der Waals surface area contributed by atoms with E-state index in [9.17, 15) is 4.79 Å². The Bertz CT molecular complexity index is 416. The molecule has 19 heavy (non-hydrogen) atoms. The summed E-state index contributed by atoms with van der Waals surface area (Å²) in [5.74, 6) is 0.223. The van der Waals surface area contributed by atoms with Gasteiger partial charge in [-0.25, -0.2) is 0 Å². The number of carbonyl (C=O) groups is 1. The number of aliphatic hydroxyl groups is 1. The van der Waals surface area contributed by atoms with Crippen molar-refractivity contribution < 1.29 is 9.90 Å². The lowest BCUT2D eigenvalue weighted by atomic mass is 10.0. The molecule has 0 spiro atoms. The highest BCUT2D eigenvalue weighted by molar-refractivity contribution is 9.10. The molecule has 1 atom stereocenters. The number of hydrogen-bond donors (Lipinski definition) is 2. The summed E-state index contributed by atoms with van der Waals surface area (Å²) in [6.45, 7) is 7.07. The molecule has 0 aliphatic carbocycles. The molecule has 0 fully saturated rings. The Morgan fingerprint density at radius 3 is 2.74 bits per heavy atom. The maximum absolute atomic E-state index is 12.3. The number of aromatic nitrogens is 1. The topological polar surface area (TPSA) is 54.3 Å². The van der Waals surface area contributed by atoms with E-state index < -0.39 is 0 Å². The normalized spacial score (nSPS) is 12.7. The molecular formula is C14H23BrN2O2. The molecule has 1 aromatic heterocycles. The number of nitrogens with zero attached hydrogens (tertiary/aromatic N) is 1. The van der Waals surface area contributed by atoms with Crippen molar-refractivity contribution in [3.63, 3.8) is 0 Å². The summed E-state index contributed by atoms with van der Waals surface area (Å²) in [7, 11) is 0. The van der Waals surface area contributed by atoms with Crippen molar-refractivity contribution in [1.29, 1.82) is 0 Å². The first-order valence-electron chi connectivity index (χ1n) is 6.77. The van der Waals surface area contributed by atoms with Crippen LogP contribution in [-0.2, 0) is 6.54 Å². The summed E-state index contributed by atoms with van der Waals surface area (Å²) in [6.07, 6.45) is 3.49. The monoisotopic (exact) mass is 330 g/mol. The van der Waals surface area contributed by atoms with E-state index in [-0.39, 0.29) is 18.6 Å². The number of aryl methyl sites for hydroxylation is 1. The molecule has 0 aliphatic rings. The van der Waals surface area contributed by atoms with Gasteiger partial charge >= 0.3 is 0 Å². The van der Waals surface area contributed by atoms with Crippen LogP contribution in [0.3, 0.4) is 0 Å². The van der Waals surface area contributed by atoms with Gasteiger partial charge in [0.15, 0.2) is 0 Å². The van der Waals surface area contributed by atoms with Gasteiger partial charge in [-0.1, -0.05) is 20.8 Å². The highest BCUT2D eigenvalue weighted by atomic mass is 79.9. The summed E-state index contributed by atoms with van der Waals surface area (Å²) < 4.78 is 2.87. The van der Waals surface area contributed by atoms with Gasteiger partial charge < -0.3 is 15.0 Å². The maximum Gasteiger partial charge on any atom is 0.268 e. The number of aliphatic hydroxyl groups excluding tert-OH is 1. The Balaban J connectivity index is 2.81. The van der Waals surface area contributed by atoms with Crippen LogP contribution in [0.4, 0.5) is 0 Å². The SMILES string of the molecule is CCCn1cc(Br)cc1C(=O)NC(CCO)C(C)C. The number of carbonyl (C=O) groups excluding carboxylic acids is 1. The van der Waals surface area contributed by atoms with Crippen molar-refractivity contribution in [3.8, 4) is 0 Å². The van der Waals surface area contributed by atoms with Crippen LogP contribution in [0.25, 0.3) is 0 Å². The third-order valence-corrected chi connectivity index (χ3v) is 3.56. The number of amides is 1. The third-order valence-electron chi connectivity index (χ3n) is 3.12. The predicted octanol–water partition coefficient (Wildman–Crippen LogP) is 2.80. The molecule has 108 valence electrons. The van der Waals surface area contributed by atoms with Gasteiger partial charge in [-0.3, -0.25) is 4.79 Å². The minimum absolute atomic E-state index is 0.00116. The van der Waals surface area contributed by atoms with Crippen molar-refractivity contribution >= 4 is 21.8 Å². The molecular weight excluding hydrogens is 308 g/mol.